The Morgan fingerprint density at radius 3 is 2.16 bits per heavy atom. The fourth-order valence-electron chi connectivity index (χ4n) is 7.11. The Bertz CT molecular complexity index is 2290. The molecule has 0 saturated carbocycles. The van der Waals surface area contributed by atoms with Crippen molar-refractivity contribution in [1.29, 1.82) is 0 Å². The number of ketones is 1. The summed E-state index contributed by atoms with van der Waals surface area (Å²) < 4.78 is 7.40. The molecule has 0 bridgehead atoms. The molecular weight excluding hydrogens is 875 g/mol. The summed E-state index contributed by atoms with van der Waals surface area (Å²) in [6.45, 7) is 25.5. The van der Waals surface area contributed by atoms with Crippen LogP contribution in [0.2, 0.25) is 0 Å². The average molecular weight is 935 g/mol. The molecule has 0 fully saturated rings. The van der Waals surface area contributed by atoms with Crippen LogP contribution in [0.15, 0.2) is 83.1 Å². The first-order valence-corrected chi connectivity index (χ1v) is 20.6. The van der Waals surface area contributed by atoms with Crippen LogP contribution in [0.3, 0.4) is 0 Å². The normalized spacial score (nSPS) is 12.6. The number of aliphatic hydroxyl groups excluding tert-OH is 1. The molecule has 0 amide bonds. The molecule has 1 N–H and O–H groups in total. The van der Waals surface area contributed by atoms with Crippen molar-refractivity contribution in [3.05, 3.63) is 102 Å². The third kappa shape index (κ3) is 9.36. The zero-order valence-corrected chi connectivity index (χ0v) is 38.2. The number of hydrogen-bond acceptors (Lipinski definition) is 5. The van der Waals surface area contributed by atoms with Crippen LogP contribution in [0.25, 0.3) is 53.5 Å². The molecule has 1 radical (unpaired) electrons. The first-order chi connectivity index (χ1) is 25.5. The maximum atomic E-state index is 12.2. The largest absolute Gasteiger partial charge is 0.512 e. The number of rotatable bonds is 11. The second-order valence-corrected chi connectivity index (χ2v) is 18.0. The standard InChI is InChI=1S/C34H32NOS.C15H28O2.Ir/c1-20(2)15-22-11-12-29-27(16-22)31(21(3)36-29)30-19-24-13-14-35-32(33(24)37-30)25-17-23-9-7-8-10-26(23)28(18-25)34(4,5)6;1-7-14(5,8-2)12(16)11-13(17)15(6,9-3)10-4;/h7-14,16,18-20H,15H2,1-6H3;11,16H,7-10H2,1-6H3;/q-1;;/b;12-11-;. The van der Waals surface area contributed by atoms with Gasteiger partial charge in [-0.25, -0.2) is 0 Å². The minimum atomic E-state index is -0.337. The molecule has 6 heteroatoms. The first kappa shape index (κ1) is 44.1. The quantitative estimate of drug-likeness (QED) is 0.0799. The van der Waals surface area contributed by atoms with Crippen LogP contribution in [0.1, 0.15) is 119 Å². The Kier molecular flexibility index (Phi) is 14.2. The van der Waals surface area contributed by atoms with E-state index < -0.39 is 0 Å². The minimum Gasteiger partial charge on any atom is -0.512 e. The van der Waals surface area contributed by atoms with Gasteiger partial charge >= 0.3 is 0 Å². The summed E-state index contributed by atoms with van der Waals surface area (Å²) in [4.78, 5) is 18.3. The molecule has 3 heterocycles. The maximum absolute atomic E-state index is 12.2. The van der Waals surface area contributed by atoms with Gasteiger partial charge < -0.3 is 9.52 Å². The fourth-order valence-corrected chi connectivity index (χ4v) is 8.38. The Morgan fingerprint density at radius 1 is 0.891 bits per heavy atom. The number of aliphatic hydroxyl groups is 1. The fraction of sp³-hybridized carbons (Fsp3) is 0.429. The number of nitrogens with zero attached hydrogens (tertiary/aromatic N) is 1. The predicted molar refractivity (Wildman–Crippen MR) is 232 cm³/mol. The molecule has 0 atom stereocenters. The van der Waals surface area contributed by atoms with E-state index in [1.165, 1.54) is 48.5 Å². The van der Waals surface area contributed by atoms with Gasteiger partial charge in [0.15, 0.2) is 5.78 Å². The summed E-state index contributed by atoms with van der Waals surface area (Å²) in [5.41, 5.74) is 6.29. The van der Waals surface area contributed by atoms with E-state index in [1.54, 1.807) is 11.3 Å². The van der Waals surface area contributed by atoms with Crippen molar-refractivity contribution in [1.82, 2.24) is 4.98 Å². The molecule has 6 aromatic rings. The molecule has 0 aliphatic rings. The topological polar surface area (TPSA) is 63.3 Å². The number of carbonyl (C=O) groups is 1. The van der Waals surface area contributed by atoms with Crippen LogP contribution in [-0.2, 0) is 36.7 Å². The van der Waals surface area contributed by atoms with Crippen molar-refractivity contribution >= 4 is 48.9 Å². The Labute approximate surface area is 347 Å². The van der Waals surface area contributed by atoms with Crippen LogP contribution in [0.4, 0.5) is 0 Å². The number of pyridine rings is 1. The number of carbonyl (C=O) groups excluding carboxylic acids is 1. The number of aryl methyl sites for hydroxylation is 1. The zero-order chi connectivity index (χ0) is 39.6. The van der Waals surface area contributed by atoms with Crippen LogP contribution in [0, 0.1) is 29.7 Å². The first-order valence-electron chi connectivity index (χ1n) is 19.8. The van der Waals surface area contributed by atoms with Crippen LogP contribution >= 0.6 is 11.3 Å². The van der Waals surface area contributed by atoms with Gasteiger partial charge in [0.2, 0.25) is 0 Å². The molecule has 4 nitrogen and oxygen atoms in total. The number of furan rings is 1. The number of aromatic nitrogens is 1. The van der Waals surface area contributed by atoms with Gasteiger partial charge in [-0.1, -0.05) is 111 Å². The second-order valence-electron chi connectivity index (χ2n) is 17.0. The predicted octanol–water partition coefficient (Wildman–Crippen LogP) is 14.8. The van der Waals surface area contributed by atoms with Crippen molar-refractivity contribution in [2.45, 2.75) is 121 Å². The number of thiophene rings is 1. The summed E-state index contributed by atoms with van der Waals surface area (Å²) in [7, 11) is 0. The Morgan fingerprint density at radius 2 is 1.55 bits per heavy atom. The monoisotopic (exact) mass is 935 g/mol. The number of hydrogen-bond donors (Lipinski definition) is 1. The smallest absolute Gasteiger partial charge is 0.164 e. The molecule has 0 aliphatic heterocycles. The zero-order valence-electron chi connectivity index (χ0n) is 35.0. The molecule has 3 aromatic heterocycles. The average Bonchev–Trinajstić information content (AvgIpc) is 3.72. The number of fused-ring (bicyclic) bond motifs is 3. The van der Waals surface area contributed by atoms with Gasteiger partial charge in [-0.15, -0.1) is 40.5 Å². The van der Waals surface area contributed by atoms with Crippen molar-refractivity contribution < 1.29 is 34.4 Å². The van der Waals surface area contributed by atoms with Crippen molar-refractivity contribution in [3.63, 3.8) is 0 Å². The maximum Gasteiger partial charge on any atom is 0.164 e. The Hall–Kier alpha value is -3.57. The van der Waals surface area contributed by atoms with Gasteiger partial charge in [-0.2, -0.15) is 0 Å². The van der Waals surface area contributed by atoms with Crippen molar-refractivity contribution in [2.75, 3.05) is 0 Å². The molecule has 3 aromatic carbocycles. The van der Waals surface area contributed by atoms with E-state index >= 15 is 0 Å². The molecule has 6 rings (SSSR count). The third-order valence-electron chi connectivity index (χ3n) is 11.7. The van der Waals surface area contributed by atoms with E-state index in [4.69, 9.17) is 9.40 Å². The van der Waals surface area contributed by atoms with Crippen molar-refractivity contribution in [2.24, 2.45) is 16.7 Å². The summed E-state index contributed by atoms with van der Waals surface area (Å²) in [5, 5.41) is 14.9. The summed E-state index contributed by atoms with van der Waals surface area (Å²) in [6, 6.07) is 25.6. The van der Waals surface area contributed by atoms with Gasteiger partial charge in [-0.05, 0) is 85.6 Å². The molecule has 0 spiro atoms. The molecule has 0 saturated heterocycles. The van der Waals surface area contributed by atoms with E-state index in [0.29, 0.717) is 5.92 Å². The van der Waals surface area contributed by atoms with E-state index in [2.05, 4.69) is 108 Å². The van der Waals surface area contributed by atoms with Gasteiger partial charge in [0.1, 0.15) is 17.1 Å². The van der Waals surface area contributed by atoms with E-state index in [-0.39, 0.29) is 47.9 Å². The van der Waals surface area contributed by atoms with E-state index in [9.17, 15) is 9.90 Å². The minimum absolute atomic E-state index is 0. The Balaban J connectivity index is 0.000000320. The van der Waals surface area contributed by atoms with Gasteiger partial charge in [0, 0.05) is 69.4 Å². The summed E-state index contributed by atoms with van der Waals surface area (Å²) >= 11 is 1.80. The molecule has 295 valence electrons. The molecule has 0 aliphatic carbocycles. The van der Waals surface area contributed by atoms with Crippen LogP contribution < -0.4 is 0 Å². The molecular formula is C49H60IrNO3S-. The van der Waals surface area contributed by atoms with Crippen LogP contribution in [-0.4, -0.2) is 15.9 Å². The van der Waals surface area contributed by atoms with Crippen LogP contribution in [0.5, 0.6) is 0 Å². The van der Waals surface area contributed by atoms with E-state index in [1.807, 2.05) is 47.7 Å². The van der Waals surface area contributed by atoms with E-state index in [0.717, 1.165) is 60.1 Å². The van der Waals surface area contributed by atoms with Gasteiger partial charge in [0.25, 0.3) is 0 Å². The SMILES string of the molecule is CCC(C)(CC)C(=O)/C=C(\O)C(C)(CC)CC.Cc1oc2ccc(CC(C)C)cc2c1-c1cc2ccnc(-c3[c-]c4ccccc4c(C(C)(C)C)c3)c2s1.[Ir]. The van der Waals surface area contributed by atoms with Gasteiger partial charge in [0.05, 0.1) is 0 Å². The molecule has 55 heavy (non-hydrogen) atoms. The summed E-state index contributed by atoms with van der Waals surface area (Å²) in [6.07, 6.45) is 7.74. The van der Waals surface area contributed by atoms with Gasteiger partial charge in [-0.3, -0.25) is 9.78 Å². The summed E-state index contributed by atoms with van der Waals surface area (Å²) in [5.74, 6) is 1.86. The third-order valence-corrected chi connectivity index (χ3v) is 12.9. The second kappa shape index (κ2) is 17.7. The number of benzene rings is 3. The number of allylic oxidation sites excluding steroid dienone is 2. The van der Waals surface area contributed by atoms with Crippen molar-refractivity contribution in [3.8, 4) is 21.7 Å². The molecule has 0 unspecified atom stereocenters.